The summed E-state index contributed by atoms with van der Waals surface area (Å²) in [6.45, 7) is 13.1. The van der Waals surface area contributed by atoms with Crippen LogP contribution >= 0.6 is 9.19 Å². The molecule has 0 N–H and O–H groups in total. The third kappa shape index (κ3) is 3.49. The van der Waals surface area contributed by atoms with Gasteiger partial charge in [-0.05, 0) is 0 Å². The van der Waals surface area contributed by atoms with Gasteiger partial charge in [0, 0.05) is 0 Å². The molecule has 0 atom stereocenters. The summed E-state index contributed by atoms with van der Waals surface area (Å²) in [4.78, 5) is 0. The van der Waals surface area contributed by atoms with Crippen LogP contribution in [0.1, 0.15) is 33.4 Å². The van der Waals surface area contributed by atoms with Gasteiger partial charge in [-0.15, -0.1) is 0 Å². The van der Waals surface area contributed by atoms with E-state index >= 15 is 0 Å². The van der Waals surface area contributed by atoms with E-state index in [1.54, 1.807) is 0 Å². The van der Waals surface area contributed by atoms with Gasteiger partial charge in [0.1, 0.15) is 0 Å². The average molecular weight is 587 g/mol. The number of halogens is 1. The molecule has 0 fully saturated rings. The SMILES string of the molecule is Cc1cc(C)c(-c2cccc3cn(-c4c(C)cc(C)cc4C)[c](=[Au-2][Cl])n23)c(C)c1. The van der Waals surface area contributed by atoms with E-state index in [4.69, 9.17) is 9.19 Å². The van der Waals surface area contributed by atoms with Gasteiger partial charge in [0.15, 0.2) is 0 Å². The van der Waals surface area contributed by atoms with Crippen LogP contribution in [-0.2, 0) is 18.2 Å². The van der Waals surface area contributed by atoms with E-state index in [9.17, 15) is 0 Å². The zero-order chi connectivity index (χ0) is 20.9. The first-order valence-electron chi connectivity index (χ1n) is 9.73. The molecule has 4 aromatic rings. The Balaban J connectivity index is 2.12. The summed E-state index contributed by atoms with van der Waals surface area (Å²) in [7, 11) is 6.66. The normalized spacial score (nSPS) is 12.7. The standard InChI is InChI=1S/C25H26N2.Au.ClH/c1-16-10-18(3)24(19(4)11-16)23-9-7-8-22-14-26(15-27(22)23)25-20(5)12-17(2)13-21(25)6;;/h7-14H,1-6H3;;1H/q;-1;/p-1. The number of rotatable bonds is 2. The topological polar surface area (TPSA) is 9.34 Å². The summed E-state index contributed by atoms with van der Waals surface area (Å²) in [5.41, 5.74) is 12.7. The molecule has 0 saturated carbocycles. The van der Waals surface area contributed by atoms with Gasteiger partial charge < -0.3 is 0 Å². The molecule has 4 rings (SSSR count). The number of imidazole rings is 1. The molecule has 2 aromatic carbocycles. The van der Waals surface area contributed by atoms with Gasteiger partial charge in [-0.2, -0.15) is 0 Å². The van der Waals surface area contributed by atoms with Gasteiger partial charge in [-0.3, -0.25) is 0 Å². The van der Waals surface area contributed by atoms with Gasteiger partial charge >= 0.3 is 186 Å². The van der Waals surface area contributed by atoms with Crippen LogP contribution in [-0.4, -0.2) is 8.97 Å². The van der Waals surface area contributed by atoms with Crippen molar-refractivity contribution in [2.45, 2.75) is 41.5 Å². The first-order valence-corrected chi connectivity index (χ1v) is 13.5. The van der Waals surface area contributed by atoms with Crippen molar-refractivity contribution in [3.05, 3.63) is 85.7 Å². The monoisotopic (exact) mass is 586 g/mol. The summed E-state index contributed by atoms with van der Waals surface area (Å²) in [5.74, 6) is 0. The zero-order valence-corrected chi connectivity index (χ0v) is 20.6. The Labute approximate surface area is 185 Å². The van der Waals surface area contributed by atoms with Gasteiger partial charge in [-0.25, -0.2) is 0 Å². The Morgan fingerprint density at radius 2 is 1.31 bits per heavy atom. The van der Waals surface area contributed by atoms with Crippen molar-refractivity contribution in [2.24, 2.45) is 0 Å². The van der Waals surface area contributed by atoms with Crippen molar-refractivity contribution in [2.75, 3.05) is 0 Å². The molecule has 0 saturated heterocycles. The Morgan fingerprint density at radius 3 is 1.86 bits per heavy atom. The third-order valence-corrected chi connectivity index (χ3v) is 7.70. The third-order valence-electron chi connectivity index (χ3n) is 5.49. The number of hydrogen-bond donors (Lipinski definition) is 0. The molecule has 0 bridgehead atoms. The Kier molecular flexibility index (Phi) is 5.48. The van der Waals surface area contributed by atoms with Gasteiger partial charge in [0.2, 0.25) is 0 Å². The predicted molar refractivity (Wildman–Crippen MR) is 120 cm³/mol. The van der Waals surface area contributed by atoms with Crippen LogP contribution < -0.4 is 0 Å². The maximum absolute atomic E-state index is 6.66. The summed E-state index contributed by atoms with van der Waals surface area (Å²) < 4.78 is 5.85. The number of fused-ring (bicyclic) bond motifs is 1. The molecule has 2 heterocycles. The van der Waals surface area contributed by atoms with Crippen molar-refractivity contribution in [3.8, 4) is 16.9 Å². The molecule has 0 aliphatic rings. The van der Waals surface area contributed by atoms with Crippen molar-refractivity contribution in [1.82, 2.24) is 8.97 Å². The molecule has 0 radical (unpaired) electrons. The fourth-order valence-corrected chi connectivity index (χ4v) is 6.80. The van der Waals surface area contributed by atoms with Crippen LogP contribution in [0, 0.1) is 45.2 Å². The molecular weight excluding hydrogens is 561 g/mol. The first-order chi connectivity index (χ1) is 13.8. The fourth-order valence-electron chi connectivity index (χ4n) is 4.63. The van der Waals surface area contributed by atoms with Gasteiger partial charge in [-0.1, -0.05) is 0 Å². The Hall–Kier alpha value is -1.84. The van der Waals surface area contributed by atoms with Gasteiger partial charge in [0.25, 0.3) is 0 Å². The van der Waals surface area contributed by atoms with Crippen molar-refractivity contribution < 1.29 is 18.2 Å². The fraction of sp³-hybridized carbons (Fsp3) is 0.240. The van der Waals surface area contributed by atoms with Crippen LogP contribution in [0.25, 0.3) is 22.5 Å². The van der Waals surface area contributed by atoms with Crippen molar-refractivity contribution in [3.63, 3.8) is 0 Å². The first kappa shape index (κ1) is 20.4. The van der Waals surface area contributed by atoms with Crippen LogP contribution in [0.3, 0.4) is 0 Å². The predicted octanol–water partition coefficient (Wildman–Crippen LogP) is 7.02. The Morgan fingerprint density at radius 1 is 0.759 bits per heavy atom. The van der Waals surface area contributed by atoms with E-state index < -0.39 is 18.2 Å². The van der Waals surface area contributed by atoms with Crippen molar-refractivity contribution >= 4 is 14.7 Å². The molecule has 2 nitrogen and oxygen atoms in total. The van der Waals surface area contributed by atoms with Crippen LogP contribution in [0.2, 0.25) is 0 Å². The molecular formula is C25H26AuClN2-2. The number of pyridine rings is 1. The second-order valence-corrected chi connectivity index (χ2v) is 10.3. The molecule has 0 amide bonds. The van der Waals surface area contributed by atoms with E-state index in [2.05, 4.69) is 99.2 Å². The molecule has 156 valence electrons. The summed E-state index contributed by atoms with van der Waals surface area (Å²) in [6, 6.07) is 15.6. The van der Waals surface area contributed by atoms with E-state index in [1.807, 2.05) is 0 Å². The molecule has 29 heavy (non-hydrogen) atoms. The van der Waals surface area contributed by atoms with Crippen LogP contribution in [0.15, 0.2) is 48.7 Å². The number of nitrogens with zero attached hydrogens (tertiary/aromatic N) is 2. The maximum atomic E-state index is 6.66. The summed E-state index contributed by atoms with van der Waals surface area (Å²) in [5, 5.41) is 0. The van der Waals surface area contributed by atoms with Crippen LogP contribution in [0.5, 0.6) is 0 Å². The second kappa shape index (κ2) is 7.77. The van der Waals surface area contributed by atoms with E-state index in [0.29, 0.717) is 0 Å². The molecule has 0 aliphatic carbocycles. The second-order valence-electron chi connectivity index (χ2n) is 7.98. The van der Waals surface area contributed by atoms with Gasteiger partial charge in [0.05, 0.1) is 0 Å². The number of aryl methyl sites for hydroxylation is 6. The molecule has 0 spiro atoms. The minimum atomic E-state index is -0.545. The summed E-state index contributed by atoms with van der Waals surface area (Å²) in [6.07, 6.45) is 2.24. The molecule has 0 unspecified atom stereocenters. The van der Waals surface area contributed by atoms with Crippen molar-refractivity contribution in [1.29, 1.82) is 0 Å². The Bertz CT molecular complexity index is 1280. The van der Waals surface area contributed by atoms with E-state index in [1.165, 1.54) is 59.5 Å². The zero-order valence-electron chi connectivity index (χ0n) is 17.7. The minimum absolute atomic E-state index is 0.545. The quantitative estimate of drug-likeness (QED) is 0.224. The molecule has 0 aliphatic heterocycles. The number of benzene rings is 2. The van der Waals surface area contributed by atoms with E-state index in [-0.39, 0.29) is 0 Å². The molecule has 2 aromatic heterocycles. The average Bonchev–Trinajstić information content (AvgIpc) is 2.98. The number of aromatic nitrogens is 2. The number of hydrogen-bond acceptors (Lipinski definition) is 0. The summed E-state index contributed by atoms with van der Waals surface area (Å²) >= 11 is -0.545. The molecule has 4 heteroatoms. The van der Waals surface area contributed by atoms with E-state index in [0.717, 1.165) is 0 Å². The van der Waals surface area contributed by atoms with Crippen LogP contribution in [0.4, 0.5) is 0 Å².